The second-order valence-electron chi connectivity index (χ2n) is 7.50. The minimum Gasteiger partial charge on any atom is -0.493 e. The van der Waals surface area contributed by atoms with Crippen LogP contribution in [0.2, 0.25) is 0 Å². The van der Waals surface area contributed by atoms with Crippen molar-refractivity contribution in [2.45, 2.75) is 26.9 Å². The van der Waals surface area contributed by atoms with Gasteiger partial charge in [0, 0.05) is 11.6 Å². The summed E-state index contributed by atoms with van der Waals surface area (Å²) in [4.78, 5) is 23.2. The van der Waals surface area contributed by atoms with Gasteiger partial charge >= 0.3 is 5.69 Å². The standard InChI is InChI=1S/C25H25N3O5/c1-17-9-10-18(2)21(11-17)16-33-25-22(28(30)31)12-20(13-23(25)32-3)15-26-27-24(29)14-19-7-5-4-6-8-19/h4-13,15H,14,16H2,1-3H3,(H,27,29)/b26-15-. The Kier molecular flexibility index (Phi) is 7.75. The van der Waals surface area contributed by atoms with E-state index in [1.807, 2.05) is 62.4 Å². The van der Waals surface area contributed by atoms with Gasteiger partial charge in [-0.25, -0.2) is 5.43 Å². The van der Waals surface area contributed by atoms with Crippen molar-refractivity contribution in [2.24, 2.45) is 5.10 Å². The number of hydrogen-bond acceptors (Lipinski definition) is 6. The van der Waals surface area contributed by atoms with Crippen molar-refractivity contribution in [1.82, 2.24) is 5.43 Å². The van der Waals surface area contributed by atoms with Crippen LogP contribution >= 0.6 is 0 Å². The molecular formula is C25H25N3O5. The normalized spacial score (nSPS) is 10.8. The van der Waals surface area contributed by atoms with E-state index in [1.54, 1.807) is 6.07 Å². The number of hydrogen-bond donors (Lipinski definition) is 1. The molecule has 0 bridgehead atoms. The van der Waals surface area contributed by atoms with Gasteiger partial charge in [-0.3, -0.25) is 14.9 Å². The molecule has 0 radical (unpaired) electrons. The Hall–Kier alpha value is -4.20. The first kappa shape index (κ1) is 23.5. The van der Waals surface area contributed by atoms with Crippen molar-refractivity contribution in [2.75, 3.05) is 7.11 Å². The van der Waals surface area contributed by atoms with E-state index < -0.39 is 4.92 Å². The second kappa shape index (κ2) is 10.9. The second-order valence-corrected chi connectivity index (χ2v) is 7.50. The summed E-state index contributed by atoms with van der Waals surface area (Å²) in [6.07, 6.45) is 1.50. The maximum absolute atomic E-state index is 12.0. The van der Waals surface area contributed by atoms with Crippen LogP contribution < -0.4 is 14.9 Å². The summed E-state index contributed by atoms with van der Waals surface area (Å²) in [5, 5.41) is 15.6. The number of carbonyl (C=O) groups excluding carboxylic acids is 1. The fourth-order valence-corrected chi connectivity index (χ4v) is 3.22. The summed E-state index contributed by atoms with van der Waals surface area (Å²) >= 11 is 0. The topological polar surface area (TPSA) is 103 Å². The van der Waals surface area contributed by atoms with Crippen LogP contribution in [0.3, 0.4) is 0 Å². The van der Waals surface area contributed by atoms with Crippen LogP contribution in [0.15, 0.2) is 65.8 Å². The molecule has 3 rings (SSSR count). The number of carbonyl (C=O) groups is 1. The lowest BCUT2D eigenvalue weighted by Crippen LogP contribution is -2.19. The van der Waals surface area contributed by atoms with Crippen LogP contribution in [0.5, 0.6) is 11.5 Å². The van der Waals surface area contributed by atoms with Gasteiger partial charge < -0.3 is 9.47 Å². The van der Waals surface area contributed by atoms with Gasteiger partial charge in [0.2, 0.25) is 11.7 Å². The van der Waals surface area contributed by atoms with Crippen LogP contribution in [0.4, 0.5) is 5.69 Å². The molecule has 0 saturated carbocycles. The van der Waals surface area contributed by atoms with Crippen molar-refractivity contribution in [1.29, 1.82) is 0 Å². The highest BCUT2D eigenvalue weighted by molar-refractivity contribution is 5.85. The minimum absolute atomic E-state index is 0.0358. The van der Waals surface area contributed by atoms with Gasteiger partial charge in [0.1, 0.15) is 6.61 Å². The maximum Gasteiger partial charge on any atom is 0.315 e. The molecule has 1 N–H and O–H groups in total. The number of methoxy groups -OCH3 is 1. The molecule has 8 nitrogen and oxygen atoms in total. The van der Waals surface area contributed by atoms with Crippen LogP contribution in [-0.2, 0) is 17.8 Å². The van der Waals surface area contributed by atoms with Gasteiger partial charge in [-0.1, -0.05) is 54.1 Å². The monoisotopic (exact) mass is 447 g/mol. The molecule has 0 fully saturated rings. The lowest BCUT2D eigenvalue weighted by molar-refractivity contribution is -0.386. The Morgan fingerprint density at radius 3 is 2.58 bits per heavy atom. The van der Waals surface area contributed by atoms with Crippen molar-refractivity contribution in [3.05, 3.63) is 98.6 Å². The van der Waals surface area contributed by atoms with Crippen molar-refractivity contribution < 1.29 is 19.2 Å². The molecule has 3 aromatic carbocycles. The SMILES string of the molecule is COc1cc(/C=N\NC(=O)Cc2ccccc2)cc([N+](=O)[O-])c1OCc1cc(C)ccc1C. The highest BCUT2D eigenvalue weighted by atomic mass is 16.6. The molecule has 0 aromatic heterocycles. The summed E-state index contributed by atoms with van der Waals surface area (Å²) in [6.45, 7) is 4.09. The number of nitro groups is 1. The summed E-state index contributed by atoms with van der Waals surface area (Å²) < 4.78 is 11.2. The van der Waals surface area contributed by atoms with E-state index >= 15 is 0 Å². The minimum atomic E-state index is -0.535. The predicted octanol–water partition coefficient (Wildman–Crippen LogP) is 4.49. The molecular weight excluding hydrogens is 422 g/mol. The molecule has 3 aromatic rings. The highest BCUT2D eigenvalue weighted by Gasteiger charge is 2.22. The molecule has 0 spiro atoms. The Balaban J connectivity index is 1.76. The molecule has 170 valence electrons. The Morgan fingerprint density at radius 1 is 1.12 bits per heavy atom. The first-order valence-corrected chi connectivity index (χ1v) is 10.3. The van der Waals surface area contributed by atoms with E-state index in [4.69, 9.17) is 9.47 Å². The molecule has 0 heterocycles. The van der Waals surface area contributed by atoms with Crippen molar-refractivity contribution in [3.8, 4) is 11.5 Å². The van der Waals surface area contributed by atoms with E-state index in [1.165, 1.54) is 19.4 Å². The number of ether oxygens (including phenoxy) is 2. The zero-order valence-corrected chi connectivity index (χ0v) is 18.7. The number of benzene rings is 3. The third kappa shape index (κ3) is 6.39. The Morgan fingerprint density at radius 2 is 1.88 bits per heavy atom. The third-order valence-electron chi connectivity index (χ3n) is 4.96. The lowest BCUT2D eigenvalue weighted by atomic mass is 10.1. The number of nitrogens with one attached hydrogen (secondary N) is 1. The Bertz CT molecular complexity index is 1180. The number of nitro benzene ring substituents is 1. The van der Waals surface area contributed by atoms with E-state index in [2.05, 4.69) is 10.5 Å². The molecule has 0 aliphatic rings. The molecule has 0 aliphatic heterocycles. The molecule has 33 heavy (non-hydrogen) atoms. The average molecular weight is 447 g/mol. The highest BCUT2D eigenvalue weighted by Crippen LogP contribution is 2.38. The van der Waals surface area contributed by atoms with Gasteiger partial charge in [-0.2, -0.15) is 5.10 Å². The molecule has 0 saturated heterocycles. The van der Waals surface area contributed by atoms with Gasteiger partial charge in [-0.05, 0) is 36.6 Å². The van der Waals surface area contributed by atoms with E-state index in [9.17, 15) is 14.9 Å². The van der Waals surface area contributed by atoms with Crippen LogP contribution in [-0.4, -0.2) is 24.2 Å². The van der Waals surface area contributed by atoms with Crippen LogP contribution in [0, 0.1) is 24.0 Å². The van der Waals surface area contributed by atoms with Crippen molar-refractivity contribution >= 4 is 17.8 Å². The number of aryl methyl sites for hydroxylation is 2. The quantitative estimate of drug-likeness (QED) is 0.296. The van der Waals surface area contributed by atoms with Gasteiger partial charge in [0.15, 0.2) is 5.75 Å². The number of nitrogens with zero attached hydrogens (tertiary/aromatic N) is 2. The number of amides is 1. The lowest BCUT2D eigenvalue weighted by Gasteiger charge is -2.13. The summed E-state index contributed by atoms with van der Waals surface area (Å²) in [5.41, 5.74) is 6.44. The largest absolute Gasteiger partial charge is 0.493 e. The molecule has 1 amide bonds. The third-order valence-corrected chi connectivity index (χ3v) is 4.96. The fraction of sp³-hybridized carbons (Fsp3) is 0.200. The predicted molar refractivity (Wildman–Crippen MR) is 126 cm³/mol. The van der Waals surface area contributed by atoms with E-state index in [-0.39, 0.29) is 36.1 Å². The maximum atomic E-state index is 12.0. The molecule has 0 atom stereocenters. The number of rotatable bonds is 9. The zero-order valence-electron chi connectivity index (χ0n) is 18.7. The smallest absolute Gasteiger partial charge is 0.315 e. The average Bonchev–Trinajstić information content (AvgIpc) is 2.80. The fourth-order valence-electron chi connectivity index (χ4n) is 3.22. The van der Waals surface area contributed by atoms with Crippen LogP contribution in [0.1, 0.15) is 27.8 Å². The van der Waals surface area contributed by atoms with Gasteiger partial charge in [0.05, 0.1) is 24.7 Å². The molecule has 0 aliphatic carbocycles. The molecule has 8 heteroatoms. The van der Waals surface area contributed by atoms with Crippen LogP contribution in [0.25, 0.3) is 0 Å². The Labute approximate surface area is 192 Å². The molecule has 0 unspecified atom stereocenters. The summed E-state index contributed by atoms with van der Waals surface area (Å²) in [5.74, 6) is -0.0624. The van der Waals surface area contributed by atoms with E-state index in [0.29, 0.717) is 5.56 Å². The summed E-state index contributed by atoms with van der Waals surface area (Å²) in [7, 11) is 1.41. The number of hydrazone groups is 1. The van der Waals surface area contributed by atoms with Gasteiger partial charge in [-0.15, -0.1) is 0 Å². The van der Waals surface area contributed by atoms with E-state index in [0.717, 1.165) is 22.3 Å². The van der Waals surface area contributed by atoms with Gasteiger partial charge in [0.25, 0.3) is 0 Å². The first-order chi connectivity index (χ1) is 15.9. The summed E-state index contributed by atoms with van der Waals surface area (Å²) in [6, 6.07) is 18.1. The zero-order chi connectivity index (χ0) is 23.8. The van der Waals surface area contributed by atoms with Crippen molar-refractivity contribution in [3.63, 3.8) is 0 Å². The first-order valence-electron chi connectivity index (χ1n) is 10.3.